The van der Waals surface area contributed by atoms with Crippen molar-refractivity contribution in [2.24, 2.45) is 0 Å². The molecule has 3 aliphatic rings. The number of carbonyl (C=O) groups is 2. The molecule has 2 unspecified atom stereocenters. The number of aliphatic hydroxyl groups is 2. The summed E-state index contributed by atoms with van der Waals surface area (Å²) in [6.45, 7) is 1.19. The number of unbranched alkanes of at least 4 members (excludes halogenated alkanes) is 22. The monoisotopic (exact) mass is 1430 g/mol. The molecule has 4 bridgehead atoms. The highest BCUT2D eigenvalue weighted by atomic mass is 16.7. The minimum absolute atomic E-state index is 0.139. The van der Waals surface area contributed by atoms with Crippen LogP contribution in [-0.4, -0.2) is 122 Å². The fourth-order valence-corrected chi connectivity index (χ4v) is 14.1. The number of hydrogen-bond donors (Lipinski definition) is 2. The second kappa shape index (κ2) is 49.6. The van der Waals surface area contributed by atoms with Gasteiger partial charge in [-0.3, -0.25) is 9.59 Å². The van der Waals surface area contributed by atoms with E-state index in [1.54, 1.807) is 0 Å². The van der Waals surface area contributed by atoms with Crippen LogP contribution in [0.25, 0.3) is 0 Å². The molecule has 3 saturated heterocycles. The van der Waals surface area contributed by atoms with Crippen LogP contribution < -0.4 is 0 Å². The lowest BCUT2D eigenvalue weighted by atomic mass is 9.97. The summed E-state index contributed by atoms with van der Waals surface area (Å²) in [5, 5.41) is 18.4. The summed E-state index contributed by atoms with van der Waals surface area (Å²) in [6, 6.07) is 59.7. The van der Waals surface area contributed by atoms with Crippen molar-refractivity contribution in [2.45, 2.75) is 293 Å². The molecule has 0 amide bonds. The SMILES string of the molecule is O=C1CC(CCCCCCCCCCCCCCO)O[C@@H]2O[C@H](COC(=O)CC(CCCCCCCCCCCCCCO)O[C@@H]3O[C@H](CO1)[C@@H](OCc1ccccc1)[C@H](OCc1ccccc1)[C@H]3OCc1ccccc1)[C@@H](OCc1ccccc1)[C@H](OCc1ccccc1)[C@H]2OCc1ccccc1. The van der Waals surface area contributed by atoms with Crippen molar-refractivity contribution >= 4 is 11.9 Å². The van der Waals surface area contributed by atoms with Crippen molar-refractivity contribution in [1.29, 1.82) is 0 Å². The van der Waals surface area contributed by atoms with E-state index in [9.17, 15) is 10.2 Å². The van der Waals surface area contributed by atoms with Gasteiger partial charge in [0.2, 0.25) is 0 Å². The molecule has 568 valence electrons. The number of fused-ring (bicyclic) bond motifs is 4. The summed E-state index contributed by atoms with van der Waals surface area (Å²) in [4.78, 5) is 30.3. The van der Waals surface area contributed by atoms with E-state index in [0.717, 1.165) is 123 Å². The van der Waals surface area contributed by atoms with Gasteiger partial charge in [-0.25, -0.2) is 0 Å². The van der Waals surface area contributed by atoms with Crippen molar-refractivity contribution < 1.29 is 76.6 Å². The molecular weight excluding hydrogens is 1310 g/mol. The predicted molar refractivity (Wildman–Crippen MR) is 403 cm³/mol. The molecule has 0 spiro atoms. The fraction of sp³-hybridized carbons (Fsp3) is 0.568. The van der Waals surface area contributed by atoms with E-state index < -0.39 is 85.6 Å². The van der Waals surface area contributed by atoms with Gasteiger partial charge in [0.15, 0.2) is 12.6 Å². The van der Waals surface area contributed by atoms with Gasteiger partial charge in [-0.15, -0.1) is 0 Å². The lowest BCUT2D eigenvalue weighted by molar-refractivity contribution is -0.338. The number of carbonyl (C=O) groups excluding carboxylic acids is 2. The molecule has 16 heteroatoms. The van der Waals surface area contributed by atoms with E-state index in [2.05, 4.69) is 0 Å². The van der Waals surface area contributed by atoms with Gasteiger partial charge in [-0.2, -0.15) is 0 Å². The third kappa shape index (κ3) is 30.6. The van der Waals surface area contributed by atoms with Crippen molar-refractivity contribution in [3.8, 4) is 0 Å². The molecule has 3 aliphatic heterocycles. The molecule has 104 heavy (non-hydrogen) atoms. The Morgan fingerprint density at radius 3 is 0.740 bits per heavy atom. The third-order valence-corrected chi connectivity index (χ3v) is 20.0. The molecule has 3 fully saturated rings. The smallest absolute Gasteiger partial charge is 0.308 e. The van der Waals surface area contributed by atoms with Crippen LogP contribution in [0.1, 0.15) is 213 Å². The standard InChI is InChI=1S/C88H120O16/c89-57-41-19-15-11-7-3-1-5-9-13-17-39-55-75-59-79(91)93-67-78-82(96-62-70-45-29-22-30-46-70)84(98-64-72-49-33-24-34-50-72)86(100-66-74-53-37-26-38-54-74)88(104-78)102-76(56-40-18-14-10-6-2-4-8-12-16-20-42-58-90)60-80(92)94-68-77-81(95-61-69-43-27-21-28-44-69)83(97-63-71-47-31-23-32-48-71)85(87(101-75)103-77)99-65-73-51-35-25-36-52-73/h21-38,43-54,75-78,81-90H,1-20,39-42,55-68H2/t75?,76?,77-,78-,81-,82-,83+,84+,85-,86-,87-,88-/m1/s1. The quantitative estimate of drug-likeness (QED) is 0.0271. The zero-order valence-electron chi connectivity index (χ0n) is 61.7. The van der Waals surface area contributed by atoms with Gasteiger partial charge in [0, 0.05) is 13.2 Å². The summed E-state index contributed by atoms with van der Waals surface area (Å²) in [5.74, 6) is -1.01. The van der Waals surface area contributed by atoms with Gasteiger partial charge in [0.25, 0.3) is 0 Å². The van der Waals surface area contributed by atoms with Crippen molar-refractivity contribution in [3.05, 3.63) is 215 Å². The Balaban J connectivity index is 1.05. The second-order valence-electron chi connectivity index (χ2n) is 28.5. The Bertz CT molecular complexity index is 2920. The first-order chi connectivity index (χ1) is 51.4. The minimum atomic E-state index is -1.15. The molecule has 3 heterocycles. The van der Waals surface area contributed by atoms with Gasteiger partial charge in [0.05, 0.1) is 64.7 Å². The maximum absolute atomic E-state index is 15.2. The molecule has 12 atom stereocenters. The van der Waals surface area contributed by atoms with E-state index in [0.29, 0.717) is 12.8 Å². The normalized spacial score (nSPS) is 23.4. The number of hydrogen-bond acceptors (Lipinski definition) is 16. The lowest BCUT2D eigenvalue weighted by Crippen LogP contribution is -2.62. The van der Waals surface area contributed by atoms with Crippen LogP contribution in [0.4, 0.5) is 0 Å². The predicted octanol–water partition coefficient (Wildman–Crippen LogP) is 17.7. The zero-order chi connectivity index (χ0) is 72.1. The number of rotatable bonds is 46. The maximum atomic E-state index is 15.2. The summed E-state index contributed by atoms with van der Waals surface area (Å²) < 4.78 is 84.5. The van der Waals surface area contributed by atoms with Crippen molar-refractivity contribution in [1.82, 2.24) is 0 Å². The average Bonchev–Trinajstić information content (AvgIpc) is 0.790. The summed E-state index contributed by atoms with van der Waals surface area (Å²) in [6.07, 6.45) is 15.7. The van der Waals surface area contributed by atoms with Crippen LogP contribution in [0.5, 0.6) is 0 Å². The molecule has 0 saturated carbocycles. The fourth-order valence-electron chi connectivity index (χ4n) is 14.1. The van der Waals surface area contributed by atoms with E-state index in [-0.39, 0.29) is 78.9 Å². The highest BCUT2D eigenvalue weighted by Gasteiger charge is 2.52. The van der Waals surface area contributed by atoms with Crippen molar-refractivity contribution in [2.75, 3.05) is 26.4 Å². The number of benzene rings is 6. The highest BCUT2D eigenvalue weighted by Crippen LogP contribution is 2.37. The molecule has 0 aliphatic carbocycles. The Hall–Kier alpha value is -6.22. The molecule has 0 aromatic heterocycles. The lowest BCUT2D eigenvalue weighted by Gasteiger charge is -2.47. The maximum Gasteiger partial charge on any atom is 0.308 e. The molecule has 6 aromatic carbocycles. The molecular formula is C88H120O16. The number of ether oxygens (including phenoxy) is 12. The van der Waals surface area contributed by atoms with E-state index in [4.69, 9.17) is 56.8 Å². The number of aliphatic hydroxyl groups excluding tert-OH is 2. The van der Waals surface area contributed by atoms with Crippen LogP contribution in [0.15, 0.2) is 182 Å². The zero-order valence-corrected chi connectivity index (χ0v) is 61.7. The third-order valence-electron chi connectivity index (χ3n) is 20.0. The Morgan fingerprint density at radius 1 is 0.269 bits per heavy atom. The first-order valence-electron chi connectivity index (χ1n) is 39.5. The number of esters is 2. The van der Waals surface area contributed by atoms with Crippen molar-refractivity contribution in [3.63, 3.8) is 0 Å². The topological polar surface area (TPSA) is 185 Å². The number of cyclic esters (lactones) is 2. The minimum Gasteiger partial charge on any atom is -0.463 e. The molecule has 0 radical (unpaired) electrons. The average molecular weight is 1430 g/mol. The van der Waals surface area contributed by atoms with Gasteiger partial charge in [0.1, 0.15) is 62.0 Å². The first-order valence-corrected chi connectivity index (χ1v) is 39.5. The first kappa shape index (κ1) is 81.8. The van der Waals surface area contributed by atoms with Crippen LogP contribution in [0.3, 0.4) is 0 Å². The van der Waals surface area contributed by atoms with Crippen LogP contribution >= 0.6 is 0 Å². The van der Waals surface area contributed by atoms with Gasteiger partial charge < -0.3 is 67.1 Å². The van der Waals surface area contributed by atoms with E-state index >= 15 is 9.59 Å². The second-order valence-corrected chi connectivity index (χ2v) is 28.5. The van der Waals surface area contributed by atoms with E-state index in [1.165, 1.54) is 64.2 Å². The molecule has 6 aromatic rings. The summed E-state index contributed by atoms with van der Waals surface area (Å²) in [5.41, 5.74) is 5.58. The van der Waals surface area contributed by atoms with Gasteiger partial charge >= 0.3 is 11.9 Å². The molecule has 9 rings (SSSR count). The Kier molecular flexibility index (Phi) is 39.0. The molecule has 2 N–H and O–H groups in total. The van der Waals surface area contributed by atoms with E-state index in [1.807, 2.05) is 182 Å². The van der Waals surface area contributed by atoms with Crippen LogP contribution in [0, 0.1) is 0 Å². The molecule has 16 nitrogen and oxygen atoms in total. The summed E-state index contributed by atoms with van der Waals surface area (Å²) >= 11 is 0. The van der Waals surface area contributed by atoms with Crippen LogP contribution in [0.2, 0.25) is 0 Å². The van der Waals surface area contributed by atoms with Gasteiger partial charge in [-0.05, 0) is 59.1 Å². The summed E-state index contributed by atoms with van der Waals surface area (Å²) in [7, 11) is 0. The Morgan fingerprint density at radius 2 is 0.490 bits per heavy atom. The largest absolute Gasteiger partial charge is 0.463 e. The highest BCUT2D eigenvalue weighted by molar-refractivity contribution is 5.70. The Labute approximate surface area is 620 Å². The van der Waals surface area contributed by atoms with Crippen LogP contribution in [-0.2, 0) is 106 Å². The van der Waals surface area contributed by atoms with Gasteiger partial charge in [-0.1, -0.05) is 323 Å².